The number of piperidine rings is 1. The largest absolute Gasteiger partial charge is 0.355 e. The minimum Gasteiger partial charge on any atom is -0.355 e. The summed E-state index contributed by atoms with van der Waals surface area (Å²) in [6.45, 7) is 2.70. The Bertz CT molecular complexity index is 878. The number of fused-ring (bicyclic) bond motifs is 1. The van der Waals surface area contributed by atoms with Gasteiger partial charge in [0.1, 0.15) is 11.6 Å². The molecule has 5 atom stereocenters. The minimum atomic E-state index is -0.159. The molecule has 7 nitrogen and oxygen atoms in total. The van der Waals surface area contributed by atoms with E-state index in [9.17, 15) is 4.39 Å². The van der Waals surface area contributed by atoms with E-state index in [1.54, 1.807) is 6.07 Å². The van der Waals surface area contributed by atoms with Crippen molar-refractivity contribution in [2.45, 2.75) is 49.9 Å². The highest BCUT2D eigenvalue weighted by Gasteiger charge is 2.42. The van der Waals surface area contributed by atoms with Crippen LogP contribution in [0.2, 0.25) is 0 Å². The van der Waals surface area contributed by atoms with E-state index in [2.05, 4.69) is 26.1 Å². The minimum absolute atomic E-state index is 0.0518. The molecule has 30 heavy (non-hydrogen) atoms. The molecule has 3 saturated heterocycles. The van der Waals surface area contributed by atoms with Gasteiger partial charge >= 0.3 is 0 Å². The van der Waals surface area contributed by atoms with Crippen LogP contribution in [0, 0.1) is 11.7 Å². The van der Waals surface area contributed by atoms with E-state index >= 15 is 0 Å². The summed E-state index contributed by atoms with van der Waals surface area (Å²) in [6, 6.07) is 7.63. The predicted octanol–water partition coefficient (Wildman–Crippen LogP) is 1.80. The molecule has 1 aromatic heterocycles. The van der Waals surface area contributed by atoms with Crippen molar-refractivity contribution < 1.29 is 4.39 Å². The quantitative estimate of drug-likeness (QED) is 0.612. The Kier molecular flexibility index (Phi) is 5.64. The van der Waals surface area contributed by atoms with Crippen LogP contribution in [-0.4, -0.2) is 41.7 Å². The maximum absolute atomic E-state index is 14.4. The van der Waals surface area contributed by atoms with Gasteiger partial charge in [-0.1, -0.05) is 18.2 Å². The molecule has 3 aliphatic heterocycles. The Hall–Kier alpha value is -2.13. The van der Waals surface area contributed by atoms with E-state index in [0.717, 1.165) is 62.4 Å². The third-order valence-corrected chi connectivity index (χ3v) is 6.80. The van der Waals surface area contributed by atoms with Gasteiger partial charge in [-0.3, -0.25) is 10.4 Å². The average molecular weight is 412 g/mol. The molecular weight excluding hydrogens is 381 g/mol. The predicted molar refractivity (Wildman–Crippen MR) is 114 cm³/mol. The summed E-state index contributed by atoms with van der Waals surface area (Å²) in [7, 11) is 0. The molecule has 5 rings (SSSR count). The lowest BCUT2D eigenvalue weighted by molar-refractivity contribution is 0.261. The number of nitrogens with two attached hydrogens (primary N) is 1. The number of hydrogen-bond acceptors (Lipinski definition) is 7. The van der Waals surface area contributed by atoms with Crippen LogP contribution in [0.3, 0.4) is 0 Å². The van der Waals surface area contributed by atoms with Crippen LogP contribution in [0.15, 0.2) is 36.7 Å². The lowest BCUT2D eigenvalue weighted by Crippen LogP contribution is -2.46. The normalized spacial score (nSPS) is 31.9. The van der Waals surface area contributed by atoms with Crippen molar-refractivity contribution in [3.8, 4) is 0 Å². The van der Waals surface area contributed by atoms with E-state index in [-0.39, 0.29) is 35.9 Å². The zero-order valence-electron chi connectivity index (χ0n) is 17.1. The van der Waals surface area contributed by atoms with Crippen LogP contribution < -0.4 is 26.8 Å². The summed E-state index contributed by atoms with van der Waals surface area (Å²) in [4.78, 5) is 11.8. The molecule has 1 aromatic carbocycles. The topological polar surface area (TPSA) is 91.1 Å². The number of rotatable bonds is 3. The fourth-order valence-corrected chi connectivity index (χ4v) is 5.07. The van der Waals surface area contributed by atoms with Crippen LogP contribution in [0.4, 0.5) is 10.2 Å². The first-order chi connectivity index (χ1) is 14.7. The van der Waals surface area contributed by atoms with E-state index in [4.69, 9.17) is 10.7 Å². The van der Waals surface area contributed by atoms with E-state index < -0.39 is 0 Å². The lowest BCUT2D eigenvalue weighted by Gasteiger charge is -2.34. The monoisotopic (exact) mass is 411 g/mol. The van der Waals surface area contributed by atoms with Crippen molar-refractivity contribution in [2.24, 2.45) is 11.7 Å². The first-order valence-corrected chi connectivity index (χ1v) is 11.0. The number of halogens is 1. The molecule has 0 spiro atoms. The summed E-state index contributed by atoms with van der Waals surface area (Å²) in [5.41, 5.74) is 14.5. The SMILES string of the molecule is N[C@@H]1CCCN(c2cncc(C3CC4C(CN3)NNC4c3ccccc3F)n2)CC1. The molecule has 0 bridgehead atoms. The maximum atomic E-state index is 14.4. The molecule has 0 radical (unpaired) electrons. The zero-order chi connectivity index (χ0) is 20.5. The molecule has 4 heterocycles. The van der Waals surface area contributed by atoms with Crippen LogP contribution in [0.25, 0.3) is 0 Å². The average Bonchev–Trinajstić information content (AvgIpc) is 3.07. The molecule has 4 unspecified atom stereocenters. The highest BCUT2D eigenvalue weighted by atomic mass is 19.1. The second-order valence-electron chi connectivity index (χ2n) is 8.73. The van der Waals surface area contributed by atoms with Gasteiger partial charge in [-0.05, 0) is 37.7 Å². The Balaban J connectivity index is 1.34. The van der Waals surface area contributed by atoms with Crippen molar-refractivity contribution in [3.63, 3.8) is 0 Å². The van der Waals surface area contributed by atoms with Crippen molar-refractivity contribution in [3.05, 3.63) is 53.7 Å². The van der Waals surface area contributed by atoms with Gasteiger partial charge in [0.05, 0.1) is 30.2 Å². The Morgan fingerprint density at radius 3 is 2.90 bits per heavy atom. The van der Waals surface area contributed by atoms with Crippen LogP contribution in [0.1, 0.15) is 49.0 Å². The number of nitrogens with zero attached hydrogens (tertiary/aromatic N) is 3. The Morgan fingerprint density at radius 1 is 1.10 bits per heavy atom. The third kappa shape index (κ3) is 3.92. The summed E-state index contributed by atoms with van der Waals surface area (Å²) in [5.74, 6) is 1.04. The number of benzene rings is 1. The summed E-state index contributed by atoms with van der Waals surface area (Å²) < 4.78 is 14.4. The van der Waals surface area contributed by atoms with Gasteiger partial charge in [-0.15, -0.1) is 0 Å². The standard InChI is InChI=1S/C22H30FN7/c23-17-6-2-1-5-15(17)22-16-10-18(26-12-19(16)28-29-22)20-11-25-13-21(27-20)30-8-3-4-14(24)7-9-30/h1-2,5-6,11,13-14,16,18-19,22,26,28-29H,3-4,7-10,12,24H2/t14-,16?,18?,19?,22?/m1/s1. The molecule has 3 aliphatic rings. The summed E-state index contributed by atoms with van der Waals surface area (Å²) in [6.07, 6.45) is 7.71. The van der Waals surface area contributed by atoms with E-state index in [1.807, 2.05) is 24.5 Å². The fourth-order valence-electron chi connectivity index (χ4n) is 5.07. The highest BCUT2D eigenvalue weighted by Crippen LogP contribution is 2.38. The highest BCUT2D eigenvalue weighted by molar-refractivity contribution is 5.37. The first-order valence-electron chi connectivity index (χ1n) is 11.0. The fraction of sp³-hybridized carbons (Fsp3) is 0.545. The lowest BCUT2D eigenvalue weighted by atomic mass is 9.81. The maximum Gasteiger partial charge on any atom is 0.147 e. The van der Waals surface area contributed by atoms with Crippen LogP contribution in [0.5, 0.6) is 0 Å². The van der Waals surface area contributed by atoms with Gasteiger partial charge in [0, 0.05) is 37.3 Å². The number of hydrogen-bond donors (Lipinski definition) is 4. The molecule has 0 aliphatic carbocycles. The number of hydrazine groups is 1. The molecule has 2 aromatic rings. The number of aromatic nitrogens is 2. The van der Waals surface area contributed by atoms with Gasteiger partial charge < -0.3 is 16.0 Å². The van der Waals surface area contributed by atoms with Gasteiger partial charge in [0.15, 0.2) is 0 Å². The Morgan fingerprint density at radius 2 is 2.00 bits per heavy atom. The van der Waals surface area contributed by atoms with Gasteiger partial charge in [-0.2, -0.15) is 0 Å². The molecular formula is C22H30FN7. The molecule has 0 saturated carbocycles. The number of anilines is 1. The van der Waals surface area contributed by atoms with Crippen LogP contribution in [-0.2, 0) is 0 Å². The summed E-state index contributed by atoms with van der Waals surface area (Å²) in [5, 5.41) is 3.61. The smallest absolute Gasteiger partial charge is 0.147 e. The molecule has 160 valence electrons. The van der Waals surface area contributed by atoms with Crippen molar-refractivity contribution >= 4 is 5.82 Å². The molecule has 0 amide bonds. The molecule has 8 heteroatoms. The van der Waals surface area contributed by atoms with Crippen molar-refractivity contribution in [1.82, 2.24) is 26.1 Å². The molecule has 5 N–H and O–H groups in total. The van der Waals surface area contributed by atoms with Crippen molar-refractivity contribution in [2.75, 3.05) is 24.5 Å². The zero-order valence-corrected chi connectivity index (χ0v) is 17.1. The van der Waals surface area contributed by atoms with Crippen molar-refractivity contribution in [1.29, 1.82) is 0 Å². The third-order valence-electron chi connectivity index (χ3n) is 6.80. The van der Waals surface area contributed by atoms with Gasteiger partial charge in [0.25, 0.3) is 0 Å². The van der Waals surface area contributed by atoms with Gasteiger partial charge in [0.2, 0.25) is 0 Å². The van der Waals surface area contributed by atoms with E-state index in [1.165, 1.54) is 6.07 Å². The van der Waals surface area contributed by atoms with E-state index in [0.29, 0.717) is 0 Å². The van der Waals surface area contributed by atoms with Gasteiger partial charge in [-0.25, -0.2) is 14.8 Å². The first kappa shape index (κ1) is 19.8. The second kappa shape index (κ2) is 8.55. The second-order valence-corrected chi connectivity index (χ2v) is 8.73. The van der Waals surface area contributed by atoms with Crippen LogP contribution >= 0.6 is 0 Å². The number of nitrogens with one attached hydrogen (secondary N) is 3. The Labute approximate surface area is 176 Å². The molecule has 3 fully saturated rings. The summed E-state index contributed by atoms with van der Waals surface area (Å²) >= 11 is 0.